The van der Waals surface area contributed by atoms with Gasteiger partial charge in [0.05, 0.1) is 18.1 Å². The average molecular weight is 284 g/mol. The lowest BCUT2D eigenvalue weighted by Crippen LogP contribution is -2.36. The molecule has 0 spiro atoms. The second-order valence-electron chi connectivity index (χ2n) is 4.93. The standard InChI is InChI=1S/C15H21NO2.ClH/c1-3-4-7-16-9-12-10-18-14-6-5-11(2)8-13(14)15(12)17;/h5-6,8,12,16H,3-4,7,9-10H2,1-2H3;1H. The van der Waals surface area contributed by atoms with Crippen molar-refractivity contribution in [3.63, 3.8) is 0 Å². The van der Waals surface area contributed by atoms with Crippen molar-refractivity contribution in [2.75, 3.05) is 19.7 Å². The van der Waals surface area contributed by atoms with Crippen LogP contribution in [0.4, 0.5) is 0 Å². The number of hydrogen-bond donors (Lipinski definition) is 1. The van der Waals surface area contributed by atoms with E-state index >= 15 is 0 Å². The summed E-state index contributed by atoms with van der Waals surface area (Å²) in [6, 6.07) is 5.80. The SMILES string of the molecule is CCCCNCC1COc2ccc(C)cc2C1=O.Cl. The van der Waals surface area contributed by atoms with E-state index in [1.54, 1.807) is 0 Å². The third-order valence-corrected chi connectivity index (χ3v) is 3.31. The quantitative estimate of drug-likeness (QED) is 0.844. The van der Waals surface area contributed by atoms with Crippen LogP contribution in [0.2, 0.25) is 0 Å². The monoisotopic (exact) mass is 283 g/mol. The summed E-state index contributed by atoms with van der Waals surface area (Å²) >= 11 is 0. The van der Waals surface area contributed by atoms with Crippen LogP contribution >= 0.6 is 12.4 Å². The zero-order chi connectivity index (χ0) is 13.0. The molecule has 0 bridgehead atoms. The minimum Gasteiger partial charge on any atom is -0.492 e. The number of Topliss-reactive ketones (excluding diaryl/α,β-unsaturated/α-hetero) is 1. The third-order valence-electron chi connectivity index (χ3n) is 3.31. The van der Waals surface area contributed by atoms with E-state index in [2.05, 4.69) is 12.2 Å². The van der Waals surface area contributed by atoms with Crippen molar-refractivity contribution in [2.24, 2.45) is 5.92 Å². The van der Waals surface area contributed by atoms with Gasteiger partial charge in [-0.1, -0.05) is 25.0 Å². The Balaban J connectivity index is 0.00000180. The molecule has 1 unspecified atom stereocenters. The van der Waals surface area contributed by atoms with Crippen LogP contribution in [0.25, 0.3) is 0 Å². The van der Waals surface area contributed by atoms with Gasteiger partial charge in [0, 0.05) is 6.54 Å². The van der Waals surface area contributed by atoms with Gasteiger partial charge in [0.15, 0.2) is 5.78 Å². The van der Waals surface area contributed by atoms with Gasteiger partial charge in [0.25, 0.3) is 0 Å². The van der Waals surface area contributed by atoms with E-state index < -0.39 is 0 Å². The van der Waals surface area contributed by atoms with Gasteiger partial charge < -0.3 is 10.1 Å². The molecule has 4 heteroatoms. The fourth-order valence-electron chi connectivity index (χ4n) is 2.18. The smallest absolute Gasteiger partial charge is 0.174 e. The molecule has 3 nitrogen and oxygen atoms in total. The van der Waals surface area contributed by atoms with E-state index in [1.807, 2.05) is 25.1 Å². The summed E-state index contributed by atoms with van der Waals surface area (Å²) in [6.45, 7) is 6.34. The Kier molecular flexibility index (Phi) is 6.32. The predicted octanol–water partition coefficient (Wildman–Crippen LogP) is 3.00. The van der Waals surface area contributed by atoms with Crippen LogP contribution in [-0.2, 0) is 0 Å². The minimum atomic E-state index is -0.0452. The van der Waals surface area contributed by atoms with Crippen molar-refractivity contribution < 1.29 is 9.53 Å². The van der Waals surface area contributed by atoms with E-state index in [0.717, 1.165) is 29.8 Å². The van der Waals surface area contributed by atoms with Crippen LogP contribution in [0.15, 0.2) is 18.2 Å². The van der Waals surface area contributed by atoms with Gasteiger partial charge in [-0.25, -0.2) is 0 Å². The average Bonchev–Trinajstić information content (AvgIpc) is 2.38. The van der Waals surface area contributed by atoms with Crippen molar-refractivity contribution in [3.05, 3.63) is 29.3 Å². The first-order valence-electron chi connectivity index (χ1n) is 6.70. The molecule has 0 amide bonds. The molecular formula is C15H22ClNO2. The van der Waals surface area contributed by atoms with Gasteiger partial charge in [-0.3, -0.25) is 4.79 Å². The van der Waals surface area contributed by atoms with Gasteiger partial charge in [0.2, 0.25) is 0 Å². The first kappa shape index (κ1) is 16.0. The highest BCUT2D eigenvalue weighted by Crippen LogP contribution is 2.27. The van der Waals surface area contributed by atoms with E-state index in [-0.39, 0.29) is 24.1 Å². The molecule has 0 saturated carbocycles. The van der Waals surface area contributed by atoms with Crippen molar-refractivity contribution in [3.8, 4) is 5.75 Å². The molecule has 0 aliphatic carbocycles. The van der Waals surface area contributed by atoms with Crippen LogP contribution in [0.1, 0.15) is 35.7 Å². The summed E-state index contributed by atoms with van der Waals surface area (Å²) in [5.41, 5.74) is 1.84. The number of ketones is 1. The second kappa shape index (κ2) is 7.51. The molecule has 2 rings (SSSR count). The lowest BCUT2D eigenvalue weighted by atomic mass is 9.94. The molecule has 1 aliphatic rings. The molecule has 0 radical (unpaired) electrons. The number of benzene rings is 1. The number of unbranched alkanes of at least 4 members (excludes halogenated alkanes) is 1. The van der Waals surface area contributed by atoms with E-state index in [1.165, 1.54) is 6.42 Å². The fraction of sp³-hybridized carbons (Fsp3) is 0.533. The molecular weight excluding hydrogens is 262 g/mol. The van der Waals surface area contributed by atoms with Crippen LogP contribution in [0.3, 0.4) is 0 Å². The molecule has 19 heavy (non-hydrogen) atoms. The van der Waals surface area contributed by atoms with E-state index in [0.29, 0.717) is 13.2 Å². The largest absolute Gasteiger partial charge is 0.492 e. The summed E-state index contributed by atoms with van der Waals surface area (Å²) in [6.07, 6.45) is 2.32. The summed E-state index contributed by atoms with van der Waals surface area (Å²) in [4.78, 5) is 12.3. The first-order chi connectivity index (χ1) is 8.72. The highest BCUT2D eigenvalue weighted by Gasteiger charge is 2.28. The highest BCUT2D eigenvalue weighted by molar-refractivity contribution is 6.01. The van der Waals surface area contributed by atoms with Crippen molar-refractivity contribution in [2.45, 2.75) is 26.7 Å². The molecule has 0 aromatic heterocycles. The Morgan fingerprint density at radius 2 is 2.21 bits per heavy atom. The summed E-state index contributed by atoms with van der Waals surface area (Å²) in [5, 5.41) is 3.33. The molecule has 1 heterocycles. The van der Waals surface area contributed by atoms with Crippen LogP contribution in [-0.4, -0.2) is 25.5 Å². The van der Waals surface area contributed by atoms with Gasteiger partial charge in [-0.15, -0.1) is 12.4 Å². The minimum absolute atomic E-state index is 0. The maximum atomic E-state index is 12.3. The number of nitrogens with one attached hydrogen (secondary N) is 1. The maximum absolute atomic E-state index is 12.3. The fourth-order valence-corrected chi connectivity index (χ4v) is 2.18. The van der Waals surface area contributed by atoms with Crippen LogP contribution in [0, 0.1) is 12.8 Å². The summed E-state index contributed by atoms with van der Waals surface area (Å²) < 4.78 is 5.66. The Morgan fingerprint density at radius 1 is 1.42 bits per heavy atom. The van der Waals surface area contributed by atoms with Crippen LogP contribution in [0.5, 0.6) is 5.75 Å². The van der Waals surface area contributed by atoms with Gasteiger partial charge >= 0.3 is 0 Å². The Labute approximate surface area is 121 Å². The predicted molar refractivity (Wildman–Crippen MR) is 79.5 cm³/mol. The second-order valence-corrected chi connectivity index (χ2v) is 4.93. The number of rotatable bonds is 5. The Hall–Kier alpha value is -1.06. The maximum Gasteiger partial charge on any atom is 0.174 e. The molecule has 0 saturated heterocycles. The number of fused-ring (bicyclic) bond motifs is 1. The lowest BCUT2D eigenvalue weighted by Gasteiger charge is -2.24. The molecule has 1 atom stereocenters. The van der Waals surface area contributed by atoms with Crippen molar-refractivity contribution in [1.82, 2.24) is 5.32 Å². The van der Waals surface area contributed by atoms with E-state index in [9.17, 15) is 4.79 Å². The molecule has 0 fully saturated rings. The number of hydrogen-bond acceptors (Lipinski definition) is 3. The molecule has 1 aromatic rings. The number of aryl methyl sites for hydroxylation is 1. The molecule has 106 valence electrons. The number of carbonyl (C=O) groups excluding carboxylic acids is 1. The van der Waals surface area contributed by atoms with Crippen LogP contribution < -0.4 is 10.1 Å². The number of carbonyl (C=O) groups is 1. The van der Waals surface area contributed by atoms with E-state index in [4.69, 9.17) is 4.74 Å². The van der Waals surface area contributed by atoms with Crippen molar-refractivity contribution in [1.29, 1.82) is 0 Å². The molecule has 1 aromatic carbocycles. The lowest BCUT2D eigenvalue weighted by molar-refractivity contribution is 0.0830. The topological polar surface area (TPSA) is 38.3 Å². The number of halogens is 1. The van der Waals surface area contributed by atoms with Gasteiger partial charge in [-0.05, 0) is 32.0 Å². The Bertz CT molecular complexity index is 434. The van der Waals surface area contributed by atoms with Gasteiger partial charge in [-0.2, -0.15) is 0 Å². The number of ether oxygens (including phenoxy) is 1. The zero-order valence-corrected chi connectivity index (χ0v) is 12.4. The summed E-state index contributed by atoms with van der Waals surface area (Å²) in [7, 11) is 0. The molecule has 1 N–H and O–H groups in total. The third kappa shape index (κ3) is 3.95. The first-order valence-corrected chi connectivity index (χ1v) is 6.70. The van der Waals surface area contributed by atoms with Crippen molar-refractivity contribution >= 4 is 18.2 Å². The highest BCUT2D eigenvalue weighted by atomic mass is 35.5. The summed E-state index contributed by atoms with van der Waals surface area (Å²) in [5.74, 6) is 0.899. The Morgan fingerprint density at radius 3 is 2.95 bits per heavy atom. The van der Waals surface area contributed by atoms with Gasteiger partial charge in [0.1, 0.15) is 5.75 Å². The normalized spacial score (nSPS) is 17.4. The molecule has 1 aliphatic heterocycles. The zero-order valence-electron chi connectivity index (χ0n) is 11.6.